The fourth-order valence-corrected chi connectivity index (χ4v) is 4.25. The van der Waals surface area contributed by atoms with Crippen LogP contribution in [0.2, 0.25) is 0 Å². The van der Waals surface area contributed by atoms with Crippen molar-refractivity contribution in [3.63, 3.8) is 0 Å². The zero-order chi connectivity index (χ0) is 16.1. The Bertz CT molecular complexity index is 622. The molecule has 130 valence electrons. The molecule has 0 bridgehead atoms. The van der Waals surface area contributed by atoms with Crippen LogP contribution in [0.1, 0.15) is 56.6 Å². The van der Waals surface area contributed by atoms with E-state index in [1.165, 1.54) is 25.7 Å². The maximum atomic E-state index is 12.9. The number of aromatic nitrogens is 3. The molecule has 3 atom stereocenters. The monoisotopic (exact) mass is 330 g/mol. The molecule has 5 rings (SSSR count). The van der Waals surface area contributed by atoms with Crippen molar-refractivity contribution >= 4 is 5.91 Å². The molecular formula is C17H26N6O. The molecule has 1 amide bonds. The standard InChI is InChI=1S/C17H26N6O/c24-17(15-8-14(18-19-15)11-3-4-11)23-7-1-2-13(23)9-22-10-16(20-21-22)12-5-6-12/h10-15,18-19H,1-9H2/t13-,14?,15?/m0/s1. The highest BCUT2D eigenvalue weighted by Crippen LogP contribution is 2.38. The highest BCUT2D eigenvalue weighted by Gasteiger charge is 2.41. The SMILES string of the molecule is O=C(C1CC(C2CC2)NN1)N1CCC[C@H]1Cn1cc(C2CC2)nn1. The highest BCUT2D eigenvalue weighted by molar-refractivity contribution is 5.82. The molecule has 2 aliphatic carbocycles. The van der Waals surface area contributed by atoms with Gasteiger partial charge in [-0.1, -0.05) is 5.21 Å². The van der Waals surface area contributed by atoms with E-state index in [9.17, 15) is 4.79 Å². The first-order valence-electron chi connectivity index (χ1n) is 9.49. The lowest BCUT2D eigenvalue weighted by Gasteiger charge is -2.27. The Morgan fingerprint density at radius 3 is 2.88 bits per heavy atom. The smallest absolute Gasteiger partial charge is 0.241 e. The lowest BCUT2D eigenvalue weighted by Crippen LogP contribution is -2.48. The van der Waals surface area contributed by atoms with Gasteiger partial charge in [-0.3, -0.25) is 14.9 Å². The van der Waals surface area contributed by atoms with Crippen LogP contribution in [-0.4, -0.2) is 50.5 Å². The van der Waals surface area contributed by atoms with Crippen molar-refractivity contribution < 1.29 is 4.79 Å². The van der Waals surface area contributed by atoms with Crippen LogP contribution in [0.4, 0.5) is 0 Å². The molecule has 2 saturated heterocycles. The second-order valence-corrected chi connectivity index (χ2v) is 7.99. The van der Waals surface area contributed by atoms with Gasteiger partial charge in [0.05, 0.1) is 18.3 Å². The van der Waals surface area contributed by atoms with E-state index in [2.05, 4.69) is 32.3 Å². The summed E-state index contributed by atoms with van der Waals surface area (Å²) in [5.74, 6) is 1.67. The van der Waals surface area contributed by atoms with Crippen molar-refractivity contribution in [1.82, 2.24) is 30.7 Å². The van der Waals surface area contributed by atoms with E-state index in [-0.39, 0.29) is 18.0 Å². The van der Waals surface area contributed by atoms with Gasteiger partial charge in [-0.2, -0.15) is 0 Å². The predicted octanol–water partition coefficient (Wildman–Crippen LogP) is 0.792. The molecule has 0 radical (unpaired) electrons. The molecule has 2 aliphatic heterocycles. The van der Waals surface area contributed by atoms with Crippen LogP contribution in [-0.2, 0) is 11.3 Å². The third-order valence-corrected chi connectivity index (χ3v) is 6.03. The minimum atomic E-state index is -0.0611. The molecule has 2 N–H and O–H groups in total. The van der Waals surface area contributed by atoms with Crippen molar-refractivity contribution in [2.75, 3.05) is 6.54 Å². The molecule has 4 fully saturated rings. The van der Waals surface area contributed by atoms with Crippen molar-refractivity contribution in [2.24, 2.45) is 5.92 Å². The van der Waals surface area contributed by atoms with Crippen molar-refractivity contribution in [2.45, 2.75) is 75.5 Å². The third-order valence-electron chi connectivity index (χ3n) is 6.03. The second kappa shape index (κ2) is 5.81. The van der Waals surface area contributed by atoms with Crippen LogP contribution in [0.15, 0.2) is 6.20 Å². The first-order chi connectivity index (χ1) is 11.8. The highest BCUT2D eigenvalue weighted by atomic mass is 16.2. The number of hydrogen-bond acceptors (Lipinski definition) is 5. The van der Waals surface area contributed by atoms with E-state index in [0.717, 1.165) is 44.0 Å². The van der Waals surface area contributed by atoms with Gasteiger partial charge >= 0.3 is 0 Å². The van der Waals surface area contributed by atoms with Gasteiger partial charge in [-0.05, 0) is 50.9 Å². The number of hydrogen-bond donors (Lipinski definition) is 2. The van der Waals surface area contributed by atoms with Crippen molar-refractivity contribution in [3.8, 4) is 0 Å². The Hall–Kier alpha value is -1.47. The first kappa shape index (κ1) is 14.8. The Morgan fingerprint density at radius 1 is 1.21 bits per heavy atom. The molecule has 2 saturated carbocycles. The summed E-state index contributed by atoms with van der Waals surface area (Å²) in [6.07, 6.45) is 10.3. The Labute approximate surface area is 142 Å². The average molecular weight is 330 g/mol. The summed E-state index contributed by atoms with van der Waals surface area (Å²) < 4.78 is 1.94. The number of nitrogens with one attached hydrogen (secondary N) is 2. The van der Waals surface area contributed by atoms with Crippen LogP contribution in [0.5, 0.6) is 0 Å². The summed E-state index contributed by atoms with van der Waals surface area (Å²) in [5.41, 5.74) is 7.70. The summed E-state index contributed by atoms with van der Waals surface area (Å²) in [6.45, 7) is 1.65. The van der Waals surface area contributed by atoms with Gasteiger partial charge in [0, 0.05) is 24.7 Å². The summed E-state index contributed by atoms with van der Waals surface area (Å²) >= 11 is 0. The largest absolute Gasteiger partial charge is 0.336 e. The molecule has 3 heterocycles. The average Bonchev–Trinajstić information content (AvgIpc) is 3.48. The maximum absolute atomic E-state index is 12.9. The van der Waals surface area contributed by atoms with Crippen LogP contribution in [0, 0.1) is 5.92 Å². The quantitative estimate of drug-likeness (QED) is 0.835. The lowest BCUT2D eigenvalue weighted by molar-refractivity contribution is -0.134. The van der Waals surface area contributed by atoms with E-state index in [1.807, 2.05) is 4.68 Å². The summed E-state index contributed by atoms with van der Waals surface area (Å²) in [7, 11) is 0. The third kappa shape index (κ3) is 2.84. The van der Waals surface area contributed by atoms with Gasteiger partial charge in [-0.15, -0.1) is 5.10 Å². The fraction of sp³-hybridized carbons (Fsp3) is 0.824. The van der Waals surface area contributed by atoms with Crippen LogP contribution >= 0.6 is 0 Å². The Balaban J connectivity index is 1.22. The zero-order valence-corrected chi connectivity index (χ0v) is 14.0. The molecule has 7 heteroatoms. The van der Waals surface area contributed by atoms with Crippen LogP contribution in [0.3, 0.4) is 0 Å². The number of carbonyl (C=O) groups is 1. The molecule has 7 nitrogen and oxygen atoms in total. The number of hydrazine groups is 1. The zero-order valence-electron chi connectivity index (χ0n) is 14.0. The summed E-state index contributed by atoms with van der Waals surface area (Å²) in [6, 6.07) is 0.679. The molecule has 0 spiro atoms. The number of carbonyl (C=O) groups excluding carboxylic acids is 1. The van der Waals surface area contributed by atoms with E-state index in [0.29, 0.717) is 12.0 Å². The molecular weight excluding hydrogens is 304 g/mol. The number of likely N-dealkylation sites (tertiary alicyclic amines) is 1. The lowest BCUT2D eigenvalue weighted by atomic mass is 10.1. The van der Waals surface area contributed by atoms with Gasteiger partial charge in [0.15, 0.2) is 0 Å². The summed E-state index contributed by atoms with van der Waals surface area (Å²) in [5, 5.41) is 8.57. The van der Waals surface area contributed by atoms with E-state index in [4.69, 9.17) is 0 Å². The van der Waals surface area contributed by atoms with Gasteiger partial charge in [-0.25, -0.2) is 5.43 Å². The minimum Gasteiger partial charge on any atom is -0.336 e. The maximum Gasteiger partial charge on any atom is 0.241 e. The van der Waals surface area contributed by atoms with E-state index >= 15 is 0 Å². The normalized spacial score (nSPS) is 33.3. The summed E-state index contributed by atoms with van der Waals surface area (Å²) in [4.78, 5) is 15.0. The molecule has 1 aromatic heterocycles. The van der Waals surface area contributed by atoms with E-state index in [1.54, 1.807) is 0 Å². The van der Waals surface area contributed by atoms with Crippen molar-refractivity contribution in [3.05, 3.63) is 11.9 Å². The second-order valence-electron chi connectivity index (χ2n) is 7.99. The van der Waals surface area contributed by atoms with Gasteiger partial charge in [0.1, 0.15) is 6.04 Å². The number of rotatable bonds is 5. The number of nitrogens with zero attached hydrogens (tertiary/aromatic N) is 4. The van der Waals surface area contributed by atoms with Crippen LogP contribution in [0.25, 0.3) is 0 Å². The topological polar surface area (TPSA) is 75.1 Å². The molecule has 4 aliphatic rings. The predicted molar refractivity (Wildman–Crippen MR) is 87.9 cm³/mol. The van der Waals surface area contributed by atoms with Gasteiger partial charge in [0.25, 0.3) is 0 Å². The molecule has 1 aromatic rings. The first-order valence-corrected chi connectivity index (χ1v) is 9.49. The van der Waals surface area contributed by atoms with Crippen LogP contribution < -0.4 is 10.9 Å². The van der Waals surface area contributed by atoms with E-state index < -0.39 is 0 Å². The van der Waals surface area contributed by atoms with Gasteiger partial charge < -0.3 is 4.90 Å². The van der Waals surface area contributed by atoms with Gasteiger partial charge in [0.2, 0.25) is 5.91 Å². The number of amides is 1. The van der Waals surface area contributed by atoms with Crippen molar-refractivity contribution in [1.29, 1.82) is 0 Å². The molecule has 24 heavy (non-hydrogen) atoms. The molecule has 0 aromatic carbocycles. The Morgan fingerprint density at radius 2 is 2.08 bits per heavy atom. The Kier molecular flexibility index (Phi) is 3.59. The minimum absolute atomic E-state index is 0.0611. The fourth-order valence-electron chi connectivity index (χ4n) is 4.25. The molecule has 2 unspecified atom stereocenters.